The fourth-order valence-electron chi connectivity index (χ4n) is 2.49. The number of sulfone groups is 1. The highest BCUT2D eigenvalue weighted by Gasteiger charge is 2.20. The number of likely N-dealkylation sites (tertiary alicyclic amines) is 1. The third-order valence-electron chi connectivity index (χ3n) is 3.53. The zero-order valence-electron chi connectivity index (χ0n) is 15.5. The van der Waals surface area contributed by atoms with Gasteiger partial charge in [0.15, 0.2) is 9.84 Å². The summed E-state index contributed by atoms with van der Waals surface area (Å²) in [5.74, 6) is -0.0895. The predicted octanol–water partition coefficient (Wildman–Crippen LogP) is 2.68. The summed E-state index contributed by atoms with van der Waals surface area (Å²) in [5, 5.41) is 0. The van der Waals surface area contributed by atoms with Crippen LogP contribution in [-0.2, 0) is 9.84 Å². The van der Waals surface area contributed by atoms with E-state index < -0.39 is 26.8 Å². The Hall–Kier alpha value is -0.870. The Labute approximate surface area is 122 Å². The molecule has 0 aliphatic carbocycles. The molecule has 0 bridgehead atoms. The zero-order valence-corrected chi connectivity index (χ0v) is 12.3. The van der Waals surface area contributed by atoms with Crippen molar-refractivity contribution in [2.45, 2.75) is 37.0 Å². The Morgan fingerprint density at radius 1 is 1.37 bits per heavy atom. The number of nitrogens with zero attached hydrogens (tertiary/aromatic N) is 1. The van der Waals surface area contributed by atoms with E-state index in [1.54, 1.807) is 0 Å². The highest BCUT2D eigenvalue weighted by molar-refractivity contribution is 7.90. The average Bonchev–Trinajstić information content (AvgIpc) is 2.46. The van der Waals surface area contributed by atoms with Crippen molar-refractivity contribution in [1.29, 1.82) is 0 Å². The first-order chi connectivity index (χ1) is 10.7. The Morgan fingerprint density at radius 3 is 2.63 bits per heavy atom. The largest absolute Gasteiger partial charge is 0.303 e. The van der Waals surface area contributed by atoms with Crippen LogP contribution < -0.4 is 0 Å². The van der Waals surface area contributed by atoms with Gasteiger partial charge in [0.1, 0.15) is 0 Å². The molecule has 0 aromatic heterocycles. The van der Waals surface area contributed by atoms with Gasteiger partial charge in [0, 0.05) is 6.26 Å². The van der Waals surface area contributed by atoms with Crippen LogP contribution in [0.3, 0.4) is 0 Å². The van der Waals surface area contributed by atoms with Crippen molar-refractivity contribution in [3.63, 3.8) is 0 Å². The molecule has 1 heterocycles. The van der Waals surface area contributed by atoms with E-state index in [1.165, 1.54) is 0 Å². The second kappa shape index (κ2) is 6.06. The molecule has 4 heteroatoms. The number of benzene rings is 1. The maximum atomic E-state index is 11.9. The lowest BCUT2D eigenvalue weighted by atomic mass is 9.89. The average molecular weight is 285 g/mol. The molecule has 1 aromatic rings. The summed E-state index contributed by atoms with van der Waals surface area (Å²) < 4.78 is 55.9. The van der Waals surface area contributed by atoms with E-state index in [4.69, 9.17) is 5.48 Å². The summed E-state index contributed by atoms with van der Waals surface area (Å²) in [6.45, 7) is 4.83. The highest BCUT2D eigenvalue weighted by atomic mass is 32.2. The molecule has 0 radical (unpaired) electrons. The van der Waals surface area contributed by atoms with Gasteiger partial charge in [-0.05, 0) is 62.5 Å². The molecule has 0 unspecified atom stereocenters. The molecule has 0 N–H and O–H groups in total. The van der Waals surface area contributed by atoms with Crippen molar-refractivity contribution in [3.8, 4) is 0 Å². The second-order valence-corrected chi connectivity index (χ2v) is 7.08. The summed E-state index contributed by atoms with van der Waals surface area (Å²) >= 11 is 0. The molecule has 1 saturated heterocycles. The van der Waals surface area contributed by atoms with Crippen LogP contribution in [0.25, 0.3) is 0 Å². The van der Waals surface area contributed by atoms with Crippen LogP contribution in [0, 0.1) is 0 Å². The zero-order chi connectivity index (χ0) is 17.4. The van der Waals surface area contributed by atoms with Crippen LogP contribution in [0.1, 0.15) is 43.2 Å². The summed E-state index contributed by atoms with van der Waals surface area (Å²) in [4.78, 5) is 1.91. The van der Waals surface area contributed by atoms with Crippen LogP contribution in [0.2, 0.25) is 0 Å². The van der Waals surface area contributed by atoms with Gasteiger partial charge < -0.3 is 4.90 Å². The van der Waals surface area contributed by atoms with Crippen LogP contribution >= 0.6 is 0 Å². The summed E-state index contributed by atoms with van der Waals surface area (Å²) in [6.07, 6.45) is 3.52. The van der Waals surface area contributed by atoms with E-state index in [-0.39, 0.29) is 18.0 Å². The van der Waals surface area contributed by atoms with Crippen molar-refractivity contribution < 1.29 is 13.9 Å². The molecule has 1 aliphatic rings. The molecule has 0 atom stereocenters. The van der Waals surface area contributed by atoms with Gasteiger partial charge in [0.25, 0.3) is 0 Å². The van der Waals surface area contributed by atoms with Crippen LogP contribution in [0.5, 0.6) is 0 Å². The fourth-order valence-corrected chi connectivity index (χ4v) is 3.02. The minimum absolute atomic E-state index is 0.0895. The lowest BCUT2D eigenvalue weighted by Crippen LogP contribution is -2.33. The predicted molar refractivity (Wildman–Crippen MR) is 78.3 cm³/mol. The SMILES string of the molecule is [2H]c1c([2H])c(C2CCN(CCC)CC2)c([2H])c(S(C)(=O)=O)c1[2H]. The molecular formula is C15H23NO2S. The third kappa shape index (κ3) is 3.80. The quantitative estimate of drug-likeness (QED) is 0.853. The lowest BCUT2D eigenvalue weighted by molar-refractivity contribution is 0.212. The first kappa shape index (κ1) is 9.94. The monoisotopic (exact) mass is 285 g/mol. The first-order valence-electron chi connectivity index (χ1n) is 8.71. The molecule has 1 fully saturated rings. The molecule has 19 heavy (non-hydrogen) atoms. The van der Waals surface area contributed by atoms with Crippen molar-refractivity contribution in [1.82, 2.24) is 4.90 Å². The van der Waals surface area contributed by atoms with Crippen molar-refractivity contribution in [2.24, 2.45) is 0 Å². The Morgan fingerprint density at radius 2 is 2.05 bits per heavy atom. The Kier molecular flexibility index (Phi) is 3.17. The maximum absolute atomic E-state index is 11.9. The summed E-state index contributed by atoms with van der Waals surface area (Å²) in [7, 11) is -3.77. The van der Waals surface area contributed by atoms with Gasteiger partial charge in [0.2, 0.25) is 0 Å². The second-order valence-electron chi connectivity index (χ2n) is 5.13. The van der Waals surface area contributed by atoms with Gasteiger partial charge in [-0.1, -0.05) is 19.0 Å². The van der Waals surface area contributed by atoms with E-state index in [1.807, 2.05) is 0 Å². The van der Waals surface area contributed by atoms with Crippen LogP contribution in [0.4, 0.5) is 0 Å². The Balaban J connectivity index is 2.46. The molecule has 2 rings (SSSR count). The highest BCUT2D eigenvalue weighted by Crippen LogP contribution is 2.29. The standard InChI is InChI=1S/C15H23NO2S/c1-3-9-16-10-7-13(8-11-16)14-5-4-6-15(12-14)19(2,17)18/h4-6,12-13H,3,7-11H2,1-2H3/i4D,5D,6D,12D. The molecule has 3 nitrogen and oxygen atoms in total. The van der Waals surface area contributed by atoms with Crippen molar-refractivity contribution >= 4 is 9.84 Å². The summed E-state index contributed by atoms with van der Waals surface area (Å²) in [5.41, 5.74) is 0.322. The van der Waals surface area contributed by atoms with E-state index in [0.717, 1.165) is 45.2 Å². The molecule has 0 amide bonds. The van der Waals surface area contributed by atoms with E-state index >= 15 is 0 Å². The first-order valence-corrected chi connectivity index (χ1v) is 8.60. The molecule has 1 aromatic carbocycles. The van der Waals surface area contributed by atoms with Gasteiger partial charge in [0.05, 0.1) is 10.4 Å². The van der Waals surface area contributed by atoms with Gasteiger partial charge in [-0.3, -0.25) is 0 Å². The van der Waals surface area contributed by atoms with Crippen LogP contribution in [0.15, 0.2) is 29.1 Å². The lowest BCUT2D eigenvalue weighted by Gasteiger charge is -2.32. The molecule has 0 spiro atoms. The minimum Gasteiger partial charge on any atom is -0.303 e. The number of rotatable bonds is 4. The number of hydrogen-bond donors (Lipinski definition) is 0. The van der Waals surface area contributed by atoms with Crippen molar-refractivity contribution in [3.05, 3.63) is 29.7 Å². The van der Waals surface area contributed by atoms with E-state index in [0.29, 0.717) is 5.56 Å². The Bertz CT molecular complexity index is 698. The van der Waals surface area contributed by atoms with E-state index in [2.05, 4.69) is 11.8 Å². The fraction of sp³-hybridized carbons (Fsp3) is 0.600. The molecule has 0 saturated carbocycles. The molecular weight excluding hydrogens is 258 g/mol. The smallest absolute Gasteiger partial charge is 0.175 e. The normalized spacial score (nSPS) is 21.6. The van der Waals surface area contributed by atoms with Gasteiger partial charge in [-0.2, -0.15) is 0 Å². The number of hydrogen-bond acceptors (Lipinski definition) is 3. The molecule has 1 aliphatic heterocycles. The summed E-state index contributed by atoms with van der Waals surface area (Å²) in [6, 6.07) is -1.35. The minimum atomic E-state index is -3.77. The van der Waals surface area contributed by atoms with Gasteiger partial charge >= 0.3 is 0 Å². The van der Waals surface area contributed by atoms with Crippen LogP contribution in [-0.4, -0.2) is 39.2 Å². The maximum Gasteiger partial charge on any atom is 0.175 e. The van der Waals surface area contributed by atoms with Gasteiger partial charge in [-0.25, -0.2) is 8.42 Å². The third-order valence-corrected chi connectivity index (χ3v) is 4.47. The van der Waals surface area contributed by atoms with Crippen molar-refractivity contribution in [2.75, 3.05) is 25.9 Å². The number of piperidine rings is 1. The van der Waals surface area contributed by atoms with E-state index in [9.17, 15) is 8.42 Å². The topological polar surface area (TPSA) is 37.4 Å². The molecule has 106 valence electrons. The van der Waals surface area contributed by atoms with Gasteiger partial charge in [-0.15, -0.1) is 0 Å².